The molecule has 2 N–H and O–H groups in total. The van der Waals surface area contributed by atoms with Crippen LogP contribution >= 0.6 is 0 Å². The monoisotopic (exact) mass is 445 g/mol. The topological polar surface area (TPSA) is 77.8 Å². The van der Waals surface area contributed by atoms with Crippen LogP contribution in [0.15, 0.2) is 73.3 Å². The van der Waals surface area contributed by atoms with Crippen molar-refractivity contribution in [1.29, 1.82) is 0 Å². The zero-order chi connectivity index (χ0) is 24.2. The number of allylic oxidation sites excluding steroid dienone is 1. The number of amides is 1. The minimum atomic E-state index is -0.926. The molecule has 33 heavy (non-hydrogen) atoms. The van der Waals surface area contributed by atoms with Crippen LogP contribution in [0.4, 0.5) is 0 Å². The van der Waals surface area contributed by atoms with Gasteiger partial charge < -0.3 is 15.1 Å². The van der Waals surface area contributed by atoms with Gasteiger partial charge in [-0.3, -0.25) is 9.59 Å². The molecular weight excluding hydrogens is 414 g/mol. The molecule has 0 spiro atoms. The second-order valence-electron chi connectivity index (χ2n) is 9.26. The fraction of sp³-hybridized carbons (Fsp3) is 0.286. The van der Waals surface area contributed by atoms with E-state index in [0.29, 0.717) is 5.56 Å². The third-order valence-electron chi connectivity index (χ3n) is 5.82. The molecule has 0 saturated carbocycles. The van der Waals surface area contributed by atoms with Gasteiger partial charge >= 0.3 is 5.97 Å². The molecule has 0 saturated heterocycles. The van der Waals surface area contributed by atoms with E-state index in [-0.39, 0.29) is 30.5 Å². The third-order valence-corrected chi connectivity index (χ3v) is 5.82. The number of aromatic hydroxyl groups is 1. The number of hydrogen-bond donors (Lipinski definition) is 2. The van der Waals surface area contributed by atoms with Crippen molar-refractivity contribution in [3.8, 4) is 5.75 Å². The van der Waals surface area contributed by atoms with E-state index >= 15 is 0 Å². The predicted molar refractivity (Wildman–Crippen MR) is 132 cm³/mol. The van der Waals surface area contributed by atoms with Crippen molar-refractivity contribution in [3.63, 3.8) is 0 Å². The summed E-state index contributed by atoms with van der Waals surface area (Å²) in [5.74, 6) is -0.785. The Kier molecular flexibility index (Phi) is 7.22. The molecule has 5 heteroatoms. The predicted octanol–water partition coefficient (Wildman–Crippen LogP) is 5.97. The Morgan fingerprint density at radius 1 is 0.970 bits per heavy atom. The standard InChI is InChI=1S/C28H31NO4/c1-5-6-25(23-12-11-22-18-24(30)14-13-21(22)17-23)19-7-9-20(10-8-19)27(33)29(28(2,3)4)16-15-26(31)32/h5,7-14,17-18,25,30H,1,6,15-16H2,2-4H3,(H,31,32)/t25-/m0/s1. The van der Waals surface area contributed by atoms with Gasteiger partial charge in [0.25, 0.3) is 5.91 Å². The number of benzene rings is 3. The van der Waals surface area contributed by atoms with Crippen LogP contribution in [0.25, 0.3) is 10.8 Å². The average molecular weight is 446 g/mol. The van der Waals surface area contributed by atoms with Gasteiger partial charge in [-0.1, -0.05) is 42.5 Å². The van der Waals surface area contributed by atoms with Crippen molar-refractivity contribution < 1.29 is 19.8 Å². The number of rotatable bonds is 8. The van der Waals surface area contributed by atoms with Gasteiger partial charge in [0.05, 0.1) is 6.42 Å². The molecule has 3 rings (SSSR count). The molecule has 0 aliphatic rings. The number of phenols is 1. The van der Waals surface area contributed by atoms with Crippen LogP contribution in [-0.2, 0) is 4.79 Å². The largest absolute Gasteiger partial charge is 0.508 e. The third kappa shape index (κ3) is 5.80. The van der Waals surface area contributed by atoms with Crippen LogP contribution in [0.5, 0.6) is 5.75 Å². The molecule has 0 bridgehead atoms. The van der Waals surface area contributed by atoms with Crippen LogP contribution < -0.4 is 0 Å². The van der Waals surface area contributed by atoms with Crippen molar-refractivity contribution in [1.82, 2.24) is 4.90 Å². The first-order chi connectivity index (χ1) is 15.6. The molecule has 0 aromatic heterocycles. The van der Waals surface area contributed by atoms with Gasteiger partial charge in [-0.15, -0.1) is 6.58 Å². The molecule has 0 unspecified atom stereocenters. The summed E-state index contributed by atoms with van der Waals surface area (Å²) >= 11 is 0. The molecule has 0 radical (unpaired) electrons. The number of phenolic OH excluding ortho intramolecular Hbond substituents is 1. The Morgan fingerprint density at radius 2 is 1.58 bits per heavy atom. The Bertz CT molecular complexity index is 1160. The lowest BCUT2D eigenvalue weighted by atomic mass is 9.87. The van der Waals surface area contributed by atoms with Crippen LogP contribution in [-0.4, -0.2) is 39.1 Å². The van der Waals surface area contributed by atoms with Gasteiger partial charge in [0.2, 0.25) is 0 Å². The molecule has 0 aliphatic heterocycles. The summed E-state index contributed by atoms with van der Waals surface area (Å²) in [6.45, 7) is 9.78. The van der Waals surface area contributed by atoms with Gasteiger partial charge in [0.15, 0.2) is 0 Å². The second-order valence-corrected chi connectivity index (χ2v) is 9.26. The summed E-state index contributed by atoms with van der Waals surface area (Å²) in [5, 5.41) is 20.8. The number of nitrogens with zero attached hydrogens (tertiary/aromatic N) is 1. The van der Waals surface area contributed by atoms with Gasteiger partial charge in [-0.05, 0) is 73.4 Å². The number of carbonyl (C=O) groups is 2. The maximum absolute atomic E-state index is 13.2. The average Bonchev–Trinajstić information content (AvgIpc) is 2.76. The Hall–Kier alpha value is -3.60. The highest BCUT2D eigenvalue weighted by molar-refractivity contribution is 5.95. The lowest BCUT2D eigenvalue weighted by Gasteiger charge is -2.35. The lowest BCUT2D eigenvalue weighted by molar-refractivity contribution is -0.137. The Balaban J connectivity index is 1.89. The highest BCUT2D eigenvalue weighted by Gasteiger charge is 2.28. The van der Waals surface area contributed by atoms with Crippen LogP contribution in [0.2, 0.25) is 0 Å². The molecule has 3 aromatic rings. The highest BCUT2D eigenvalue weighted by atomic mass is 16.4. The summed E-state index contributed by atoms with van der Waals surface area (Å²) in [4.78, 5) is 25.8. The van der Waals surface area contributed by atoms with E-state index in [9.17, 15) is 14.7 Å². The van der Waals surface area contributed by atoms with Crippen LogP contribution in [0, 0.1) is 0 Å². The van der Waals surface area contributed by atoms with Gasteiger partial charge in [-0.2, -0.15) is 0 Å². The normalized spacial score (nSPS) is 12.3. The molecule has 0 aliphatic carbocycles. The zero-order valence-corrected chi connectivity index (χ0v) is 19.4. The molecule has 3 aromatic carbocycles. The van der Waals surface area contributed by atoms with Crippen LogP contribution in [0.1, 0.15) is 61.0 Å². The van der Waals surface area contributed by atoms with Gasteiger partial charge in [0.1, 0.15) is 5.75 Å². The fourth-order valence-corrected chi connectivity index (χ4v) is 4.06. The van der Waals surface area contributed by atoms with E-state index in [1.807, 2.05) is 63.2 Å². The van der Waals surface area contributed by atoms with E-state index < -0.39 is 11.5 Å². The number of carbonyl (C=O) groups excluding carboxylic acids is 1. The SMILES string of the molecule is C=CC[C@@H](c1ccc(C(=O)N(CCC(=O)O)C(C)(C)C)cc1)c1ccc2cc(O)ccc2c1. The molecule has 1 atom stereocenters. The first kappa shape index (κ1) is 24.1. The maximum atomic E-state index is 13.2. The quantitative estimate of drug-likeness (QED) is 0.419. The smallest absolute Gasteiger partial charge is 0.305 e. The lowest BCUT2D eigenvalue weighted by Crippen LogP contribution is -2.46. The first-order valence-corrected chi connectivity index (χ1v) is 11.1. The van der Waals surface area contributed by atoms with Crippen molar-refractivity contribution in [3.05, 3.63) is 90.0 Å². The van der Waals surface area contributed by atoms with E-state index in [2.05, 4.69) is 18.7 Å². The molecule has 5 nitrogen and oxygen atoms in total. The van der Waals surface area contributed by atoms with Crippen molar-refractivity contribution in [2.45, 2.75) is 45.1 Å². The summed E-state index contributed by atoms with van der Waals surface area (Å²) < 4.78 is 0. The second kappa shape index (κ2) is 9.90. The molecule has 1 amide bonds. The number of aliphatic carboxylic acids is 1. The van der Waals surface area contributed by atoms with Crippen LogP contribution in [0.3, 0.4) is 0 Å². The number of carboxylic acid groups (broad SMARTS) is 1. The Morgan fingerprint density at radius 3 is 2.18 bits per heavy atom. The van der Waals surface area contributed by atoms with E-state index in [0.717, 1.165) is 28.3 Å². The first-order valence-electron chi connectivity index (χ1n) is 11.1. The van der Waals surface area contributed by atoms with Gasteiger partial charge in [-0.25, -0.2) is 0 Å². The summed E-state index contributed by atoms with van der Waals surface area (Å²) in [5.41, 5.74) is 2.24. The Labute approximate surface area is 195 Å². The van der Waals surface area contributed by atoms with Gasteiger partial charge in [0, 0.05) is 23.6 Å². The minimum absolute atomic E-state index is 0.0792. The molecule has 0 fully saturated rings. The van der Waals surface area contributed by atoms with E-state index in [1.54, 1.807) is 17.0 Å². The number of hydrogen-bond acceptors (Lipinski definition) is 3. The molecule has 0 heterocycles. The van der Waals surface area contributed by atoms with Crippen molar-refractivity contribution in [2.24, 2.45) is 0 Å². The van der Waals surface area contributed by atoms with Crippen molar-refractivity contribution >= 4 is 22.6 Å². The molecule has 172 valence electrons. The van der Waals surface area contributed by atoms with E-state index in [1.165, 1.54) is 0 Å². The van der Waals surface area contributed by atoms with E-state index in [4.69, 9.17) is 5.11 Å². The summed E-state index contributed by atoms with van der Waals surface area (Å²) in [6.07, 6.45) is 2.53. The summed E-state index contributed by atoms with van der Waals surface area (Å²) in [6, 6.07) is 19.0. The zero-order valence-electron chi connectivity index (χ0n) is 19.4. The minimum Gasteiger partial charge on any atom is -0.508 e. The van der Waals surface area contributed by atoms with Crippen molar-refractivity contribution in [2.75, 3.05) is 6.54 Å². The highest BCUT2D eigenvalue weighted by Crippen LogP contribution is 2.32. The fourth-order valence-electron chi connectivity index (χ4n) is 4.06. The number of fused-ring (bicyclic) bond motifs is 1. The number of carboxylic acids is 1. The summed E-state index contributed by atoms with van der Waals surface area (Å²) in [7, 11) is 0. The maximum Gasteiger partial charge on any atom is 0.305 e. The molecular formula is C28H31NO4.